The van der Waals surface area contributed by atoms with Gasteiger partial charge in [0.2, 0.25) is 29.5 Å². The molecule has 3 fully saturated rings. The quantitative estimate of drug-likeness (QED) is 0.0313. The third-order valence-electron chi connectivity index (χ3n) is 16.9. The number of pyridine rings is 1. The number of hydrogen-bond donors (Lipinski definition) is 5. The topological polar surface area (TPSA) is 282 Å². The molecular formula is C66H93F2N11O13. The number of unbranched alkanes of at least 4 members (excludes halogenated alkanes) is 4. The summed E-state index contributed by atoms with van der Waals surface area (Å²) in [6.07, 6.45) is 16.5. The van der Waals surface area contributed by atoms with E-state index >= 15 is 0 Å². The minimum absolute atomic E-state index is 0.000603. The highest BCUT2D eigenvalue weighted by Crippen LogP contribution is 2.32. The number of aryl methyl sites for hydroxylation is 2. The van der Waals surface area contributed by atoms with Crippen molar-refractivity contribution >= 4 is 65.3 Å². The van der Waals surface area contributed by atoms with Crippen LogP contribution in [-0.4, -0.2) is 237 Å². The van der Waals surface area contributed by atoms with Crippen molar-refractivity contribution in [1.29, 1.82) is 0 Å². The number of aliphatic carboxylic acids is 1. The monoisotopic (exact) mass is 1290 g/mol. The van der Waals surface area contributed by atoms with Crippen molar-refractivity contribution in [3.05, 3.63) is 71.4 Å². The number of rotatable bonds is 36. The molecule has 1 unspecified atom stereocenters. The van der Waals surface area contributed by atoms with E-state index in [1.165, 1.54) is 23.4 Å². The Bertz CT molecular complexity index is 2910. The lowest BCUT2D eigenvalue weighted by Crippen LogP contribution is -2.52. The minimum Gasteiger partial charge on any atom is -0.494 e. The fourth-order valence-corrected chi connectivity index (χ4v) is 11.6. The Morgan fingerprint density at radius 1 is 0.728 bits per heavy atom. The number of likely N-dealkylation sites (tertiary alicyclic amines) is 2. The number of hydrogen-bond acceptors (Lipinski definition) is 17. The van der Waals surface area contributed by atoms with Gasteiger partial charge in [-0.2, -0.15) is 0 Å². The van der Waals surface area contributed by atoms with Gasteiger partial charge in [0.05, 0.1) is 49.9 Å². The second-order valence-corrected chi connectivity index (χ2v) is 24.0. The zero-order chi connectivity index (χ0) is 66.1. The summed E-state index contributed by atoms with van der Waals surface area (Å²) >= 11 is 0. The first kappa shape index (κ1) is 73.2. The summed E-state index contributed by atoms with van der Waals surface area (Å²) < 4.78 is 44.1. The standard InChI is InChI=1S/C66H93F2N11O13/c1-3-53-41-66(67,68)45-79(53)62(85)42-72-64(88)55-23-28-69-57-22-21-54(40-56(55)57)92-39-10-7-12-52-24-29-78(30-25-52)61(84)16-5-4-8-27-71-65(89)58(14-6-9-26-70-59(82)15-11-13-51-19-17-50(2)18-20-51)73-60(83)43-74-31-32-75(44-63(86)87)34-36-77(47-91-49-81)38-37-76(35-33-74)46-90-48-80/h1,17-23,28,40,48-49,52-53,58H,4-16,24-27,29-39,41-47H2,2H3,(H,70,82)(H,71,89)(H,72,88)(H,73,83)(H,86,87)/t53-,58?/m0/s1. The Morgan fingerprint density at radius 2 is 1.38 bits per heavy atom. The van der Waals surface area contributed by atoms with Gasteiger partial charge in [0, 0.05) is 109 Å². The molecule has 3 saturated heterocycles. The second-order valence-electron chi connectivity index (χ2n) is 24.0. The highest BCUT2D eigenvalue weighted by molar-refractivity contribution is 6.07. The summed E-state index contributed by atoms with van der Waals surface area (Å²) in [5.41, 5.74) is 3.15. The highest BCUT2D eigenvalue weighted by atomic mass is 19.3. The Labute approximate surface area is 538 Å². The minimum atomic E-state index is -3.09. The molecule has 504 valence electrons. The molecule has 2 aromatic carbocycles. The lowest BCUT2D eigenvalue weighted by molar-refractivity contribution is -0.139. The van der Waals surface area contributed by atoms with E-state index < -0.39 is 61.2 Å². The van der Waals surface area contributed by atoms with E-state index in [1.807, 2.05) is 26.5 Å². The maximum atomic E-state index is 14.0. The fourth-order valence-electron chi connectivity index (χ4n) is 11.6. The molecule has 0 bridgehead atoms. The number of nitrogens with one attached hydrogen (secondary N) is 4. The Kier molecular flexibility index (Phi) is 31.4. The maximum absolute atomic E-state index is 14.0. The first-order valence-corrected chi connectivity index (χ1v) is 32.2. The summed E-state index contributed by atoms with van der Waals surface area (Å²) in [6, 6.07) is 13.1. The molecule has 5 N–H and O–H groups in total. The van der Waals surface area contributed by atoms with Crippen LogP contribution in [0.2, 0.25) is 0 Å². The van der Waals surface area contributed by atoms with Gasteiger partial charge in [0.25, 0.3) is 24.8 Å². The van der Waals surface area contributed by atoms with Crippen molar-refractivity contribution in [2.24, 2.45) is 5.92 Å². The molecule has 0 radical (unpaired) electrons. The first-order valence-electron chi connectivity index (χ1n) is 32.2. The number of carboxylic acids is 1. The lowest BCUT2D eigenvalue weighted by Gasteiger charge is -2.33. The van der Waals surface area contributed by atoms with E-state index in [1.54, 1.807) is 23.1 Å². The third-order valence-corrected chi connectivity index (χ3v) is 16.9. The average Bonchev–Trinajstić information content (AvgIpc) is 1.21. The molecule has 0 spiro atoms. The molecule has 92 heavy (non-hydrogen) atoms. The number of alkyl halides is 2. The summed E-state index contributed by atoms with van der Waals surface area (Å²) in [4.78, 5) is 128. The number of amides is 6. The van der Waals surface area contributed by atoms with E-state index in [2.05, 4.69) is 56.4 Å². The van der Waals surface area contributed by atoms with Gasteiger partial charge in [-0.1, -0.05) is 48.6 Å². The van der Waals surface area contributed by atoms with E-state index in [0.717, 1.165) is 43.4 Å². The van der Waals surface area contributed by atoms with E-state index in [-0.39, 0.29) is 49.8 Å². The molecule has 1 aromatic heterocycles. The summed E-state index contributed by atoms with van der Waals surface area (Å²) in [7, 11) is 0. The zero-order valence-corrected chi connectivity index (χ0v) is 53.1. The van der Waals surface area contributed by atoms with Crippen molar-refractivity contribution in [2.45, 2.75) is 128 Å². The van der Waals surface area contributed by atoms with Crippen LogP contribution in [0.5, 0.6) is 5.75 Å². The molecule has 0 aliphatic carbocycles. The maximum Gasteiger partial charge on any atom is 0.317 e. The van der Waals surface area contributed by atoms with Crippen molar-refractivity contribution in [2.75, 3.05) is 125 Å². The van der Waals surface area contributed by atoms with Crippen LogP contribution in [0.3, 0.4) is 0 Å². The van der Waals surface area contributed by atoms with Crippen LogP contribution < -0.4 is 26.0 Å². The van der Waals surface area contributed by atoms with E-state index in [0.29, 0.717) is 178 Å². The van der Waals surface area contributed by atoms with Crippen LogP contribution in [0.25, 0.3) is 10.9 Å². The highest BCUT2D eigenvalue weighted by Gasteiger charge is 2.46. The number of halogens is 2. The van der Waals surface area contributed by atoms with Crippen LogP contribution in [0.1, 0.15) is 118 Å². The number of aromatic nitrogens is 1. The van der Waals surface area contributed by atoms with Gasteiger partial charge in [-0.25, -0.2) is 8.78 Å². The average molecular weight is 1290 g/mol. The third kappa shape index (κ3) is 26.4. The summed E-state index contributed by atoms with van der Waals surface area (Å²) in [6.45, 7) is 6.52. The van der Waals surface area contributed by atoms with Crippen molar-refractivity contribution < 1.29 is 71.2 Å². The molecule has 0 saturated carbocycles. The molecule has 3 aromatic rings. The summed E-state index contributed by atoms with van der Waals surface area (Å²) in [5, 5.41) is 21.7. The fraction of sp³-hybridized carbons (Fsp3) is 0.606. The molecule has 3 aliphatic rings. The normalized spacial score (nSPS) is 17.5. The van der Waals surface area contributed by atoms with Gasteiger partial charge in [-0.3, -0.25) is 67.7 Å². The van der Waals surface area contributed by atoms with Gasteiger partial charge in [-0.15, -0.1) is 6.42 Å². The number of fused-ring (bicyclic) bond motifs is 1. The zero-order valence-electron chi connectivity index (χ0n) is 53.1. The van der Waals surface area contributed by atoms with Crippen molar-refractivity contribution in [1.82, 2.24) is 55.7 Å². The molecular weight excluding hydrogens is 1190 g/mol. The molecule has 4 heterocycles. The Balaban J connectivity index is 0.906. The van der Waals surface area contributed by atoms with Crippen LogP contribution in [0.4, 0.5) is 8.78 Å². The number of carboxylic acid groups (broad SMARTS) is 1. The SMILES string of the molecule is C#C[C@H]1CC(F)(F)CN1C(=O)CNC(=O)c1ccnc2ccc(OCCCCC3CCN(C(=O)CCCCCNC(=O)C(CCCCNC(=O)CCCc4ccc(C)cc4)NC(=O)CN4CCN(COC=O)CCN(COC=O)CCN(CC(=O)O)CC4)CC3)cc12. The number of benzene rings is 2. The van der Waals surface area contributed by atoms with E-state index in [9.17, 15) is 57.0 Å². The lowest BCUT2D eigenvalue weighted by atomic mass is 9.91. The Morgan fingerprint density at radius 3 is 2.04 bits per heavy atom. The smallest absolute Gasteiger partial charge is 0.317 e. The van der Waals surface area contributed by atoms with Gasteiger partial charge in [0.1, 0.15) is 25.3 Å². The molecule has 26 heteroatoms. The molecule has 3 aliphatic heterocycles. The predicted molar refractivity (Wildman–Crippen MR) is 339 cm³/mol. The van der Waals surface area contributed by atoms with Crippen LogP contribution in [-0.2, 0) is 54.3 Å². The number of ether oxygens (including phenoxy) is 3. The van der Waals surface area contributed by atoms with Gasteiger partial charge >= 0.3 is 5.97 Å². The number of carbonyl (C=O) groups excluding carboxylic acids is 8. The van der Waals surface area contributed by atoms with Crippen LogP contribution >= 0.6 is 0 Å². The van der Waals surface area contributed by atoms with Crippen molar-refractivity contribution in [3.63, 3.8) is 0 Å². The molecule has 6 amide bonds. The van der Waals surface area contributed by atoms with Crippen LogP contribution in [0.15, 0.2) is 54.7 Å². The number of piperidine rings is 1. The number of nitrogens with zero attached hydrogens (tertiary/aromatic N) is 7. The van der Waals surface area contributed by atoms with Gasteiger partial charge in [0.15, 0.2) is 0 Å². The second kappa shape index (κ2) is 39.5. The number of terminal acetylenes is 1. The van der Waals surface area contributed by atoms with Gasteiger partial charge < -0.3 is 50.4 Å². The summed E-state index contributed by atoms with van der Waals surface area (Å²) in [5.74, 6) is -2.81. The first-order chi connectivity index (χ1) is 44.4. The predicted octanol–water partition coefficient (Wildman–Crippen LogP) is 3.97. The molecule has 24 nitrogen and oxygen atoms in total. The largest absolute Gasteiger partial charge is 0.494 e. The molecule has 6 rings (SSSR count). The Hall–Kier alpha value is -7.86. The van der Waals surface area contributed by atoms with Crippen molar-refractivity contribution in [3.8, 4) is 18.1 Å². The van der Waals surface area contributed by atoms with E-state index in [4.69, 9.17) is 20.6 Å². The molecule has 2 atom stereocenters. The number of carbonyl (C=O) groups is 9. The van der Waals surface area contributed by atoms with Crippen LogP contribution in [0, 0.1) is 25.2 Å². The van der Waals surface area contributed by atoms with Gasteiger partial charge in [-0.05, 0) is 113 Å².